The molecule has 202 valence electrons. The number of hydrogen-bond acceptors (Lipinski definition) is 6. The van der Waals surface area contributed by atoms with Gasteiger partial charge in [0.1, 0.15) is 11.6 Å². The Kier molecular flexibility index (Phi) is 8.17. The van der Waals surface area contributed by atoms with Crippen molar-refractivity contribution in [3.8, 4) is 0 Å². The van der Waals surface area contributed by atoms with Gasteiger partial charge in [-0.25, -0.2) is 9.97 Å². The first kappa shape index (κ1) is 27.3. The highest BCUT2D eigenvalue weighted by atomic mass is 19.4. The summed E-state index contributed by atoms with van der Waals surface area (Å²) >= 11 is 0. The van der Waals surface area contributed by atoms with Crippen LogP contribution in [-0.4, -0.2) is 33.3 Å². The number of anilines is 2. The van der Waals surface area contributed by atoms with Gasteiger partial charge in [0.05, 0.1) is 11.6 Å². The van der Waals surface area contributed by atoms with Crippen molar-refractivity contribution in [3.63, 3.8) is 0 Å². The topological polar surface area (TPSA) is 71.0 Å². The Balaban J connectivity index is 1.43. The Morgan fingerprint density at radius 2 is 1.66 bits per heavy atom. The normalized spacial score (nSPS) is 16.1. The molecule has 0 aliphatic carbocycles. The lowest BCUT2D eigenvalue weighted by molar-refractivity contribution is -0.144. The van der Waals surface area contributed by atoms with E-state index in [9.17, 15) is 31.1 Å². The fourth-order valence-electron chi connectivity index (χ4n) is 4.36. The maximum atomic E-state index is 13.6. The lowest BCUT2D eigenvalue weighted by Gasteiger charge is -2.26. The molecule has 0 spiro atoms. The molecule has 1 atom stereocenters. The van der Waals surface area contributed by atoms with Gasteiger partial charge in [-0.15, -0.1) is 0 Å². The van der Waals surface area contributed by atoms with E-state index < -0.39 is 29.8 Å². The number of nitrogens with zero attached hydrogens (tertiary/aromatic N) is 4. The summed E-state index contributed by atoms with van der Waals surface area (Å²) in [6.45, 7) is 0.593. The molecule has 2 aromatic heterocycles. The number of aryl methyl sites for hydroxylation is 1. The van der Waals surface area contributed by atoms with E-state index >= 15 is 0 Å². The number of carbonyl (C=O) groups excluding carboxylic acids is 1. The molecule has 3 aromatic rings. The second-order valence-electron chi connectivity index (χ2n) is 9.01. The van der Waals surface area contributed by atoms with E-state index in [1.807, 2.05) is 0 Å². The van der Waals surface area contributed by atoms with Crippen molar-refractivity contribution >= 4 is 17.4 Å². The van der Waals surface area contributed by atoms with Gasteiger partial charge in [-0.1, -0.05) is 12.1 Å². The maximum Gasteiger partial charge on any atom is 0.451 e. The van der Waals surface area contributed by atoms with Gasteiger partial charge in [0.15, 0.2) is 5.78 Å². The third-order valence-corrected chi connectivity index (χ3v) is 6.28. The SMILES string of the molecule is O=C(CCCc1ccc(C(F)(F)F)cc1)[C@@H]1CCCN1c1cc(NCc2ccncc2)nc(C(F)(F)F)n1. The molecular weight excluding hydrogens is 512 g/mol. The molecule has 1 aliphatic rings. The number of ketones is 1. The average molecular weight is 538 g/mol. The van der Waals surface area contributed by atoms with Gasteiger partial charge in [0.2, 0.25) is 5.82 Å². The van der Waals surface area contributed by atoms with Gasteiger partial charge in [-0.05, 0) is 61.1 Å². The molecular formula is C26H25F6N5O. The van der Waals surface area contributed by atoms with E-state index in [1.54, 1.807) is 29.4 Å². The van der Waals surface area contributed by atoms with Crippen molar-refractivity contribution in [3.05, 3.63) is 77.4 Å². The molecule has 3 heterocycles. The van der Waals surface area contributed by atoms with E-state index in [4.69, 9.17) is 0 Å². The summed E-state index contributed by atoms with van der Waals surface area (Å²) in [5.74, 6) is -1.44. The fraction of sp³-hybridized carbons (Fsp3) is 0.385. The number of pyridine rings is 1. The van der Waals surface area contributed by atoms with Crippen LogP contribution in [0.4, 0.5) is 38.0 Å². The maximum absolute atomic E-state index is 13.6. The highest BCUT2D eigenvalue weighted by Gasteiger charge is 2.38. The van der Waals surface area contributed by atoms with E-state index in [1.165, 1.54) is 18.2 Å². The van der Waals surface area contributed by atoms with Crippen LogP contribution in [0.1, 0.15) is 48.2 Å². The smallest absolute Gasteiger partial charge is 0.366 e. The largest absolute Gasteiger partial charge is 0.451 e. The Hall–Kier alpha value is -3.70. The highest BCUT2D eigenvalue weighted by molar-refractivity contribution is 5.87. The van der Waals surface area contributed by atoms with Crippen LogP contribution in [0, 0.1) is 0 Å². The monoisotopic (exact) mass is 537 g/mol. The molecule has 1 saturated heterocycles. The lowest BCUT2D eigenvalue weighted by Crippen LogP contribution is -2.37. The molecule has 4 rings (SSSR count). The minimum atomic E-state index is -4.77. The van der Waals surface area contributed by atoms with Gasteiger partial charge in [0.25, 0.3) is 0 Å². The first-order valence-electron chi connectivity index (χ1n) is 12.1. The molecule has 1 aromatic carbocycles. The number of alkyl halides is 6. The van der Waals surface area contributed by atoms with Gasteiger partial charge in [-0.3, -0.25) is 9.78 Å². The van der Waals surface area contributed by atoms with Crippen LogP contribution in [0.15, 0.2) is 54.9 Å². The van der Waals surface area contributed by atoms with Gasteiger partial charge in [-0.2, -0.15) is 26.3 Å². The van der Waals surface area contributed by atoms with Gasteiger partial charge in [0, 0.05) is 38.0 Å². The van der Waals surface area contributed by atoms with E-state index in [2.05, 4.69) is 20.3 Å². The summed E-state index contributed by atoms with van der Waals surface area (Å²) in [6, 6.07) is 8.99. The zero-order chi connectivity index (χ0) is 27.3. The van der Waals surface area contributed by atoms with Crippen LogP contribution < -0.4 is 10.2 Å². The molecule has 1 aliphatic heterocycles. The molecule has 0 saturated carbocycles. The molecule has 0 radical (unpaired) electrons. The number of benzene rings is 1. The first-order chi connectivity index (χ1) is 18.0. The minimum Gasteiger partial charge on any atom is -0.366 e. The van der Waals surface area contributed by atoms with Crippen LogP contribution in [-0.2, 0) is 30.1 Å². The molecule has 0 unspecified atom stereocenters. The van der Waals surface area contributed by atoms with Crippen LogP contribution in [0.3, 0.4) is 0 Å². The second-order valence-corrected chi connectivity index (χ2v) is 9.01. The molecule has 6 nitrogen and oxygen atoms in total. The Morgan fingerprint density at radius 3 is 2.32 bits per heavy atom. The predicted octanol–water partition coefficient (Wildman–Crippen LogP) is 6.08. The van der Waals surface area contributed by atoms with Crippen LogP contribution in [0.25, 0.3) is 0 Å². The van der Waals surface area contributed by atoms with Crippen molar-refractivity contribution in [2.24, 2.45) is 0 Å². The standard InChI is InChI=1S/C26H25F6N5O/c27-25(28,29)19-8-6-17(7-9-19)3-1-5-21(38)20-4-2-14-37(20)23-15-22(35-24(36-23)26(30,31)32)34-16-18-10-12-33-13-11-18/h6-13,15,20H,1-5,14,16H2,(H,34,35,36)/t20-/m0/s1. The summed E-state index contributed by atoms with van der Waals surface area (Å²) in [7, 11) is 0. The summed E-state index contributed by atoms with van der Waals surface area (Å²) in [6.07, 6.45) is -4.00. The van der Waals surface area contributed by atoms with Crippen LogP contribution in [0.5, 0.6) is 0 Å². The minimum absolute atomic E-state index is 0.0143. The summed E-state index contributed by atoms with van der Waals surface area (Å²) in [5, 5.41) is 2.89. The number of hydrogen-bond donors (Lipinski definition) is 1. The van der Waals surface area contributed by atoms with Crippen molar-refractivity contribution in [1.29, 1.82) is 0 Å². The molecule has 1 fully saturated rings. The Morgan fingerprint density at radius 1 is 0.947 bits per heavy atom. The van der Waals surface area contributed by atoms with E-state index in [0.29, 0.717) is 37.8 Å². The molecule has 1 N–H and O–H groups in total. The van der Waals surface area contributed by atoms with Crippen LogP contribution in [0.2, 0.25) is 0 Å². The predicted molar refractivity (Wildman–Crippen MR) is 128 cm³/mol. The van der Waals surface area contributed by atoms with E-state index in [-0.39, 0.29) is 30.4 Å². The zero-order valence-electron chi connectivity index (χ0n) is 20.2. The Labute approximate surface area is 215 Å². The van der Waals surface area contributed by atoms with Crippen molar-refractivity contribution < 1.29 is 31.1 Å². The van der Waals surface area contributed by atoms with E-state index in [0.717, 1.165) is 17.7 Å². The van der Waals surface area contributed by atoms with Crippen LogP contribution >= 0.6 is 0 Å². The van der Waals surface area contributed by atoms with Crippen molar-refractivity contribution in [1.82, 2.24) is 15.0 Å². The number of aromatic nitrogens is 3. The molecule has 0 bridgehead atoms. The first-order valence-corrected chi connectivity index (χ1v) is 12.1. The summed E-state index contributed by atoms with van der Waals surface area (Å²) in [5.41, 5.74) is 0.734. The molecule has 0 amide bonds. The number of halogens is 6. The highest BCUT2D eigenvalue weighted by Crippen LogP contribution is 2.33. The number of rotatable bonds is 9. The van der Waals surface area contributed by atoms with Gasteiger partial charge < -0.3 is 10.2 Å². The third kappa shape index (κ3) is 6.99. The van der Waals surface area contributed by atoms with Crippen molar-refractivity contribution in [2.45, 2.75) is 57.0 Å². The number of nitrogens with one attached hydrogen (secondary N) is 1. The lowest BCUT2D eigenvalue weighted by atomic mass is 10.0. The summed E-state index contributed by atoms with van der Waals surface area (Å²) < 4.78 is 78.9. The zero-order valence-corrected chi connectivity index (χ0v) is 20.2. The molecule has 38 heavy (non-hydrogen) atoms. The third-order valence-electron chi connectivity index (χ3n) is 6.28. The quantitative estimate of drug-likeness (QED) is 0.334. The molecule has 12 heteroatoms. The Bertz CT molecular complexity index is 1230. The van der Waals surface area contributed by atoms with Gasteiger partial charge >= 0.3 is 12.4 Å². The summed E-state index contributed by atoms with van der Waals surface area (Å²) in [4.78, 5) is 25.8. The number of carbonyl (C=O) groups is 1. The second kappa shape index (κ2) is 11.4. The van der Waals surface area contributed by atoms with Crippen molar-refractivity contribution in [2.75, 3.05) is 16.8 Å². The average Bonchev–Trinajstić information content (AvgIpc) is 3.37. The number of Topliss-reactive ketones (excluding diaryl/α,β-unsaturated/α-hetero) is 1. The fourth-order valence-corrected chi connectivity index (χ4v) is 4.36.